The fourth-order valence-electron chi connectivity index (χ4n) is 2.16. The molecule has 2 rings (SSSR count). The number of aryl methyl sites for hydroxylation is 1. The normalized spacial score (nSPS) is 11.6. The van der Waals surface area contributed by atoms with Crippen LogP contribution in [0.2, 0.25) is 0 Å². The summed E-state index contributed by atoms with van der Waals surface area (Å²) in [6.45, 7) is 8.80. The van der Waals surface area contributed by atoms with Gasteiger partial charge in [-0.25, -0.2) is 0 Å². The number of benzene rings is 2. The van der Waals surface area contributed by atoms with Crippen molar-refractivity contribution in [1.82, 2.24) is 0 Å². The summed E-state index contributed by atoms with van der Waals surface area (Å²) in [6.07, 6.45) is 0. The standard InChI is InChI=1S/C17H21N/c1-12-11-15(18)9-10-16(12)13-5-7-14(8-6-13)17(2,3)4/h5-11H,18H2,1-4H3. The highest BCUT2D eigenvalue weighted by molar-refractivity contribution is 5.69. The largest absolute Gasteiger partial charge is 0.399 e. The Morgan fingerprint density at radius 2 is 1.50 bits per heavy atom. The van der Waals surface area contributed by atoms with Crippen molar-refractivity contribution >= 4 is 5.69 Å². The Bertz CT molecular complexity index is 545. The van der Waals surface area contributed by atoms with Crippen LogP contribution in [0.25, 0.3) is 11.1 Å². The van der Waals surface area contributed by atoms with E-state index in [4.69, 9.17) is 5.73 Å². The average Bonchev–Trinajstić information content (AvgIpc) is 2.28. The summed E-state index contributed by atoms with van der Waals surface area (Å²) in [5, 5.41) is 0. The second kappa shape index (κ2) is 4.49. The summed E-state index contributed by atoms with van der Waals surface area (Å²) in [7, 11) is 0. The fraction of sp³-hybridized carbons (Fsp3) is 0.294. The van der Waals surface area contributed by atoms with Gasteiger partial charge in [0.2, 0.25) is 0 Å². The van der Waals surface area contributed by atoms with E-state index in [9.17, 15) is 0 Å². The van der Waals surface area contributed by atoms with Gasteiger partial charge in [-0.05, 0) is 46.7 Å². The van der Waals surface area contributed by atoms with Crippen molar-refractivity contribution in [3.63, 3.8) is 0 Å². The lowest BCUT2D eigenvalue weighted by Gasteiger charge is -2.19. The van der Waals surface area contributed by atoms with Gasteiger partial charge in [-0.2, -0.15) is 0 Å². The van der Waals surface area contributed by atoms with Crippen LogP contribution in [0, 0.1) is 6.92 Å². The SMILES string of the molecule is Cc1cc(N)ccc1-c1ccc(C(C)(C)C)cc1. The molecule has 2 aromatic rings. The minimum atomic E-state index is 0.203. The van der Waals surface area contributed by atoms with Crippen molar-refractivity contribution in [3.05, 3.63) is 53.6 Å². The topological polar surface area (TPSA) is 26.0 Å². The van der Waals surface area contributed by atoms with Crippen molar-refractivity contribution in [2.24, 2.45) is 0 Å². The van der Waals surface area contributed by atoms with Crippen molar-refractivity contribution in [2.75, 3.05) is 5.73 Å². The van der Waals surface area contributed by atoms with Gasteiger partial charge >= 0.3 is 0 Å². The molecule has 0 aliphatic carbocycles. The third-order valence-electron chi connectivity index (χ3n) is 3.31. The van der Waals surface area contributed by atoms with Gasteiger partial charge in [-0.3, -0.25) is 0 Å². The van der Waals surface area contributed by atoms with E-state index in [2.05, 4.69) is 58.0 Å². The predicted octanol–water partition coefficient (Wildman–Crippen LogP) is 4.54. The average molecular weight is 239 g/mol. The molecule has 2 aromatic carbocycles. The van der Waals surface area contributed by atoms with E-state index in [1.807, 2.05) is 12.1 Å². The molecular formula is C17H21N. The van der Waals surface area contributed by atoms with Gasteiger partial charge in [-0.1, -0.05) is 51.1 Å². The first-order valence-electron chi connectivity index (χ1n) is 6.35. The first-order chi connectivity index (χ1) is 8.38. The minimum Gasteiger partial charge on any atom is -0.399 e. The highest BCUT2D eigenvalue weighted by Crippen LogP contribution is 2.28. The maximum Gasteiger partial charge on any atom is 0.0317 e. The van der Waals surface area contributed by atoms with Crippen LogP contribution >= 0.6 is 0 Å². The summed E-state index contributed by atoms with van der Waals surface area (Å²) >= 11 is 0. The van der Waals surface area contributed by atoms with Gasteiger partial charge in [0.05, 0.1) is 0 Å². The van der Waals surface area contributed by atoms with Crippen LogP contribution in [0.4, 0.5) is 5.69 Å². The maximum absolute atomic E-state index is 5.79. The number of rotatable bonds is 1. The second-order valence-electron chi connectivity index (χ2n) is 5.90. The zero-order valence-electron chi connectivity index (χ0n) is 11.6. The number of nitrogens with two attached hydrogens (primary N) is 1. The first-order valence-corrected chi connectivity index (χ1v) is 6.35. The minimum absolute atomic E-state index is 0.203. The van der Waals surface area contributed by atoms with Crippen LogP contribution in [0.1, 0.15) is 31.9 Å². The van der Waals surface area contributed by atoms with Crippen molar-refractivity contribution in [2.45, 2.75) is 33.1 Å². The molecule has 0 amide bonds. The molecular weight excluding hydrogens is 218 g/mol. The Labute approximate surface area is 110 Å². The lowest BCUT2D eigenvalue weighted by atomic mass is 9.86. The van der Waals surface area contributed by atoms with E-state index in [1.165, 1.54) is 22.3 Å². The molecule has 1 heteroatoms. The molecule has 0 bridgehead atoms. The van der Waals surface area contributed by atoms with Gasteiger partial charge in [0.25, 0.3) is 0 Å². The summed E-state index contributed by atoms with van der Waals surface area (Å²) in [6, 6.07) is 14.9. The molecule has 0 unspecified atom stereocenters. The lowest BCUT2D eigenvalue weighted by Crippen LogP contribution is -2.10. The Hall–Kier alpha value is -1.76. The Kier molecular flexibility index (Phi) is 3.16. The molecule has 0 aromatic heterocycles. The Balaban J connectivity index is 2.41. The van der Waals surface area contributed by atoms with Gasteiger partial charge < -0.3 is 5.73 Å². The van der Waals surface area contributed by atoms with Crippen LogP contribution in [0.3, 0.4) is 0 Å². The highest BCUT2D eigenvalue weighted by atomic mass is 14.5. The van der Waals surface area contributed by atoms with Gasteiger partial charge in [-0.15, -0.1) is 0 Å². The quantitative estimate of drug-likeness (QED) is 0.726. The number of hydrogen-bond acceptors (Lipinski definition) is 1. The van der Waals surface area contributed by atoms with Crippen LogP contribution in [0.5, 0.6) is 0 Å². The van der Waals surface area contributed by atoms with E-state index < -0.39 is 0 Å². The molecule has 0 aliphatic heterocycles. The van der Waals surface area contributed by atoms with Gasteiger partial charge in [0, 0.05) is 5.69 Å². The van der Waals surface area contributed by atoms with E-state index in [0.29, 0.717) is 0 Å². The Morgan fingerprint density at radius 3 is 2.00 bits per heavy atom. The van der Waals surface area contributed by atoms with Crippen LogP contribution < -0.4 is 5.73 Å². The molecule has 0 aliphatic rings. The Morgan fingerprint density at radius 1 is 0.889 bits per heavy atom. The summed E-state index contributed by atoms with van der Waals surface area (Å²) in [4.78, 5) is 0. The maximum atomic E-state index is 5.79. The molecule has 0 saturated heterocycles. The monoisotopic (exact) mass is 239 g/mol. The molecule has 0 spiro atoms. The molecule has 94 valence electrons. The summed E-state index contributed by atoms with van der Waals surface area (Å²) < 4.78 is 0. The number of anilines is 1. The highest BCUT2D eigenvalue weighted by Gasteiger charge is 2.13. The zero-order valence-corrected chi connectivity index (χ0v) is 11.6. The van der Waals surface area contributed by atoms with Crippen molar-refractivity contribution in [1.29, 1.82) is 0 Å². The number of nitrogen functional groups attached to an aromatic ring is 1. The predicted molar refractivity (Wildman–Crippen MR) is 79.7 cm³/mol. The lowest BCUT2D eigenvalue weighted by molar-refractivity contribution is 0.590. The molecule has 1 nitrogen and oxygen atoms in total. The fourth-order valence-corrected chi connectivity index (χ4v) is 2.16. The summed E-state index contributed by atoms with van der Waals surface area (Å²) in [5.41, 5.74) is 11.9. The third-order valence-corrected chi connectivity index (χ3v) is 3.31. The van der Waals surface area contributed by atoms with Crippen LogP contribution in [-0.2, 0) is 5.41 Å². The first kappa shape index (κ1) is 12.7. The molecule has 0 radical (unpaired) electrons. The molecule has 0 atom stereocenters. The van der Waals surface area contributed by atoms with Gasteiger partial charge in [0.15, 0.2) is 0 Å². The van der Waals surface area contributed by atoms with E-state index in [-0.39, 0.29) is 5.41 Å². The molecule has 2 N–H and O–H groups in total. The smallest absolute Gasteiger partial charge is 0.0317 e. The molecule has 18 heavy (non-hydrogen) atoms. The second-order valence-corrected chi connectivity index (χ2v) is 5.90. The van der Waals surface area contributed by atoms with Crippen LogP contribution in [-0.4, -0.2) is 0 Å². The van der Waals surface area contributed by atoms with E-state index >= 15 is 0 Å². The zero-order chi connectivity index (χ0) is 13.3. The molecule has 0 saturated carbocycles. The van der Waals surface area contributed by atoms with Crippen LogP contribution in [0.15, 0.2) is 42.5 Å². The van der Waals surface area contributed by atoms with E-state index in [1.54, 1.807) is 0 Å². The number of hydrogen-bond donors (Lipinski definition) is 1. The molecule has 0 heterocycles. The third kappa shape index (κ3) is 2.56. The van der Waals surface area contributed by atoms with E-state index in [0.717, 1.165) is 5.69 Å². The van der Waals surface area contributed by atoms with Crippen molar-refractivity contribution < 1.29 is 0 Å². The van der Waals surface area contributed by atoms with Crippen molar-refractivity contribution in [3.8, 4) is 11.1 Å². The summed E-state index contributed by atoms with van der Waals surface area (Å²) in [5.74, 6) is 0. The van der Waals surface area contributed by atoms with Gasteiger partial charge in [0.1, 0.15) is 0 Å². The molecule has 0 fully saturated rings.